The van der Waals surface area contributed by atoms with E-state index in [0.29, 0.717) is 19.6 Å². The van der Waals surface area contributed by atoms with Crippen LogP contribution in [0.4, 0.5) is 11.4 Å². The van der Waals surface area contributed by atoms with Gasteiger partial charge >= 0.3 is 0 Å². The maximum Gasteiger partial charge on any atom is 0.249 e. The highest BCUT2D eigenvalue weighted by molar-refractivity contribution is 5.82. The molecule has 6 aliphatic rings. The number of likely N-dealkylation sites (N-methyl/N-ethyl adjacent to an activating group) is 1. The number of hydrogen-bond donors (Lipinski definition) is 4. The lowest BCUT2D eigenvalue weighted by molar-refractivity contribution is -0.176. The topological polar surface area (TPSA) is 108 Å². The molecule has 222 valence electrons. The van der Waals surface area contributed by atoms with Crippen molar-refractivity contribution in [2.75, 3.05) is 69.7 Å². The number of piperazine rings is 1. The number of nitrogens with one attached hydrogen (secondary N) is 4. The molecule has 0 aromatic heterocycles. The molecule has 6 atom stereocenters. The van der Waals surface area contributed by atoms with Gasteiger partial charge in [0.1, 0.15) is 19.1 Å². The van der Waals surface area contributed by atoms with Crippen molar-refractivity contribution >= 4 is 23.2 Å². The number of carbonyl (C=O) groups is 2. The SMILES string of the molecule is CN1CCN(c2cccc(NC3NCC4C(=O)N5C/C=C\CCCN6C(=O)COC7CCC(NC76)N5C4N3)c2)CC1. The molecule has 6 aliphatic heterocycles. The Labute approximate surface area is 242 Å². The number of morpholine rings is 1. The van der Waals surface area contributed by atoms with Crippen LogP contribution < -0.4 is 26.2 Å². The molecule has 12 heteroatoms. The van der Waals surface area contributed by atoms with Crippen molar-refractivity contribution in [1.82, 2.24) is 35.8 Å². The fraction of sp³-hybridized carbons (Fsp3) is 0.655. The molecule has 2 amide bonds. The third kappa shape index (κ3) is 5.33. The fourth-order valence-electron chi connectivity index (χ4n) is 7.20. The molecule has 0 radical (unpaired) electrons. The van der Waals surface area contributed by atoms with Crippen LogP contribution in [0.1, 0.15) is 25.7 Å². The zero-order valence-electron chi connectivity index (χ0n) is 23.9. The number of piperidine rings is 1. The number of hydrazine groups is 1. The number of fused-ring (bicyclic) bond motifs is 5. The first-order valence-corrected chi connectivity index (χ1v) is 15.3. The van der Waals surface area contributed by atoms with Crippen LogP contribution in [-0.2, 0) is 14.3 Å². The van der Waals surface area contributed by atoms with Crippen molar-refractivity contribution in [2.45, 2.75) is 56.6 Å². The van der Waals surface area contributed by atoms with E-state index < -0.39 is 0 Å². The van der Waals surface area contributed by atoms with E-state index in [1.165, 1.54) is 5.69 Å². The van der Waals surface area contributed by atoms with Crippen LogP contribution in [0.15, 0.2) is 36.4 Å². The summed E-state index contributed by atoms with van der Waals surface area (Å²) in [5.41, 5.74) is 2.26. The Morgan fingerprint density at radius 2 is 1.88 bits per heavy atom. The maximum absolute atomic E-state index is 13.7. The number of anilines is 2. The molecule has 41 heavy (non-hydrogen) atoms. The second kappa shape index (κ2) is 11.5. The van der Waals surface area contributed by atoms with E-state index in [2.05, 4.69) is 79.5 Å². The fourth-order valence-corrected chi connectivity index (χ4v) is 7.20. The molecule has 4 N–H and O–H groups in total. The van der Waals surface area contributed by atoms with Gasteiger partial charge in [0.25, 0.3) is 0 Å². The summed E-state index contributed by atoms with van der Waals surface area (Å²) < 4.78 is 5.94. The predicted octanol–water partition coefficient (Wildman–Crippen LogP) is -0.0588. The smallest absolute Gasteiger partial charge is 0.249 e. The number of rotatable bonds is 3. The Kier molecular flexibility index (Phi) is 7.61. The number of nitrogens with zero attached hydrogens (tertiary/aromatic N) is 5. The first-order chi connectivity index (χ1) is 20.0. The molecule has 6 unspecified atom stereocenters. The Balaban J connectivity index is 1.10. The number of carbonyl (C=O) groups excluding carboxylic acids is 2. The lowest BCUT2D eigenvalue weighted by atomic mass is 9.99. The molecule has 6 heterocycles. The molecule has 0 spiro atoms. The van der Waals surface area contributed by atoms with E-state index in [4.69, 9.17) is 4.74 Å². The zero-order chi connectivity index (χ0) is 27.9. The molecule has 5 saturated heterocycles. The predicted molar refractivity (Wildman–Crippen MR) is 155 cm³/mol. The van der Waals surface area contributed by atoms with Gasteiger partial charge in [-0.15, -0.1) is 0 Å². The highest BCUT2D eigenvalue weighted by Crippen LogP contribution is 2.33. The van der Waals surface area contributed by atoms with Crippen LogP contribution in [0.2, 0.25) is 0 Å². The number of ether oxygens (including phenoxy) is 1. The summed E-state index contributed by atoms with van der Waals surface area (Å²) in [6.07, 6.45) is 7.02. The molecule has 1 aromatic rings. The van der Waals surface area contributed by atoms with Gasteiger partial charge < -0.3 is 24.8 Å². The van der Waals surface area contributed by atoms with E-state index in [1.807, 2.05) is 9.91 Å². The first-order valence-electron chi connectivity index (χ1n) is 15.3. The van der Waals surface area contributed by atoms with Gasteiger partial charge in [0.05, 0.1) is 30.9 Å². The molecule has 0 saturated carbocycles. The quantitative estimate of drug-likeness (QED) is 0.373. The lowest BCUT2D eigenvalue weighted by Crippen LogP contribution is -2.72. The minimum Gasteiger partial charge on any atom is -0.369 e. The molecule has 2 bridgehead atoms. The second-order valence-corrected chi connectivity index (χ2v) is 12.1. The maximum atomic E-state index is 13.7. The van der Waals surface area contributed by atoms with Gasteiger partial charge in [0.2, 0.25) is 11.8 Å². The summed E-state index contributed by atoms with van der Waals surface area (Å²) in [6.45, 7) is 6.17. The van der Waals surface area contributed by atoms with E-state index in [-0.39, 0.29) is 55.2 Å². The molecule has 7 rings (SSSR count). The number of allylic oxidation sites excluding steroid dienone is 1. The summed E-state index contributed by atoms with van der Waals surface area (Å²) in [6, 6.07) is 8.59. The third-order valence-electron chi connectivity index (χ3n) is 9.47. The van der Waals surface area contributed by atoms with E-state index in [9.17, 15) is 9.59 Å². The number of benzene rings is 1. The molecule has 1 aromatic carbocycles. The largest absolute Gasteiger partial charge is 0.369 e. The van der Waals surface area contributed by atoms with Crippen LogP contribution in [-0.4, -0.2) is 122 Å². The number of amides is 2. The molecule has 0 aliphatic carbocycles. The molecule has 12 nitrogen and oxygen atoms in total. The number of hydrogen-bond acceptors (Lipinski definition) is 10. The van der Waals surface area contributed by atoms with Crippen LogP contribution in [0, 0.1) is 5.92 Å². The highest BCUT2D eigenvalue weighted by atomic mass is 16.5. The van der Waals surface area contributed by atoms with Gasteiger partial charge in [0, 0.05) is 50.6 Å². The average Bonchev–Trinajstić information content (AvgIpc) is 3.25. The first kappa shape index (κ1) is 27.1. The van der Waals surface area contributed by atoms with E-state index >= 15 is 0 Å². The summed E-state index contributed by atoms with van der Waals surface area (Å²) in [4.78, 5) is 33.3. The van der Waals surface area contributed by atoms with Gasteiger partial charge in [-0.25, -0.2) is 0 Å². The van der Waals surface area contributed by atoms with Gasteiger partial charge in [0.15, 0.2) is 0 Å². The van der Waals surface area contributed by atoms with E-state index in [0.717, 1.165) is 57.5 Å². The molecular weight excluding hydrogens is 522 g/mol. The van der Waals surface area contributed by atoms with Gasteiger partial charge in [-0.05, 0) is 50.9 Å². The minimum atomic E-state index is -0.205. The van der Waals surface area contributed by atoms with Crippen molar-refractivity contribution in [1.29, 1.82) is 0 Å². The highest BCUT2D eigenvalue weighted by Gasteiger charge is 2.53. The van der Waals surface area contributed by atoms with Crippen LogP contribution in [0.25, 0.3) is 0 Å². The third-order valence-corrected chi connectivity index (χ3v) is 9.47. The normalized spacial score (nSPS) is 35.8. The summed E-state index contributed by atoms with van der Waals surface area (Å²) in [7, 11) is 2.17. The Morgan fingerprint density at radius 3 is 2.76 bits per heavy atom. The second-order valence-electron chi connectivity index (χ2n) is 12.1. The van der Waals surface area contributed by atoms with Crippen LogP contribution >= 0.6 is 0 Å². The molecular formula is C29H43N9O3. The summed E-state index contributed by atoms with van der Waals surface area (Å²) in [5, 5.41) is 18.7. The molecule has 5 fully saturated rings. The van der Waals surface area contributed by atoms with Gasteiger partial charge in [-0.3, -0.25) is 30.5 Å². The van der Waals surface area contributed by atoms with Crippen molar-refractivity contribution in [3.8, 4) is 0 Å². The average molecular weight is 566 g/mol. The lowest BCUT2D eigenvalue weighted by Gasteiger charge is -2.50. The van der Waals surface area contributed by atoms with Crippen molar-refractivity contribution in [2.24, 2.45) is 5.92 Å². The Hall–Kier alpha value is -2.74. The standard InChI is InChI=1S/C29H43N9O3/c1-34-13-15-35(16-14-34)21-8-6-7-20(17-21)31-29-30-18-22-26(33-29)38-24-10-9-23-27(32-24)36(25(39)19-41-23)11-4-2-3-5-12-37(38)28(22)40/h3,5-8,17,22-24,26-27,29-33H,2,4,9-16,18-19H2,1H3/b5-3-. The van der Waals surface area contributed by atoms with Crippen molar-refractivity contribution in [3.05, 3.63) is 36.4 Å². The Morgan fingerprint density at radius 1 is 1.00 bits per heavy atom. The summed E-state index contributed by atoms with van der Waals surface area (Å²) in [5.74, 6) is -0.0391. The van der Waals surface area contributed by atoms with Gasteiger partial charge in [-0.1, -0.05) is 18.2 Å². The minimum absolute atomic E-state index is 0.0204. The van der Waals surface area contributed by atoms with Crippen molar-refractivity contribution < 1.29 is 14.3 Å². The zero-order valence-corrected chi connectivity index (χ0v) is 23.9. The Bertz CT molecular complexity index is 1160. The monoisotopic (exact) mass is 565 g/mol. The van der Waals surface area contributed by atoms with E-state index in [1.54, 1.807) is 0 Å². The van der Waals surface area contributed by atoms with Crippen LogP contribution in [0.5, 0.6) is 0 Å². The van der Waals surface area contributed by atoms with Crippen molar-refractivity contribution in [3.63, 3.8) is 0 Å². The summed E-state index contributed by atoms with van der Waals surface area (Å²) >= 11 is 0. The van der Waals surface area contributed by atoms with Gasteiger partial charge in [-0.2, -0.15) is 5.01 Å². The van der Waals surface area contributed by atoms with Crippen LogP contribution in [0.3, 0.4) is 0 Å².